The van der Waals surface area contributed by atoms with Crippen LogP contribution >= 0.6 is 38.9 Å². The maximum atomic E-state index is 15.2. The molecule has 42 heavy (non-hydrogen) atoms. The average Bonchev–Trinajstić information content (AvgIpc) is 3.46. The summed E-state index contributed by atoms with van der Waals surface area (Å²) in [5, 5.41) is 20.2. The predicted octanol–water partition coefficient (Wildman–Crippen LogP) is 4.27. The smallest absolute Gasteiger partial charge is 0.475 e. The molecule has 4 heterocycles. The Morgan fingerprint density at radius 1 is 1.24 bits per heavy atom. The quantitative estimate of drug-likeness (QED) is 0.285. The number of carbonyl (C=O) groups excluding carboxylic acids is 1. The summed E-state index contributed by atoms with van der Waals surface area (Å²) in [6.45, 7) is 4.96. The normalized spacial score (nSPS) is 18.2. The van der Waals surface area contributed by atoms with E-state index >= 15 is 4.39 Å². The Balaban J connectivity index is 0.000000517. The van der Waals surface area contributed by atoms with E-state index in [-0.39, 0.29) is 26.8 Å². The molecule has 0 bridgehead atoms. The van der Waals surface area contributed by atoms with E-state index < -0.39 is 18.0 Å². The van der Waals surface area contributed by atoms with E-state index in [1.165, 1.54) is 0 Å². The van der Waals surface area contributed by atoms with Gasteiger partial charge in [-0.2, -0.15) is 18.2 Å². The minimum atomic E-state index is -5.08. The van der Waals surface area contributed by atoms with Crippen LogP contribution in [0.5, 0.6) is 0 Å². The topological polar surface area (TPSA) is 128 Å². The lowest BCUT2D eigenvalue weighted by Gasteiger charge is -2.34. The first-order valence-corrected chi connectivity index (χ1v) is 14.8. The van der Waals surface area contributed by atoms with Gasteiger partial charge in [-0.1, -0.05) is 11.6 Å². The van der Waals surface area contributed by atoms with Gasteiger partial charge in [0.1, 0.15) is 21.9 Å². The van der Waals surface area contributed by atoms with Crippen molar-refractivity contribution in [2.24, 2.45) is 5.92 Å². The van der Waals surface area contributed by atoms with Gasteiger partial charge in [-0.3, -0.25) is 9.69 Å². The van der Waals surface area contributed by atoms with Crippen LogP contribution in [0.3, 0.4) is 0 Å². The molecule has 0 aliphatic carbocycles. The molecule has 18 heteroatoms. The first kappa shape index (κ1) is 32.0. The Morgan fingerprint density at radius 3 is 2.55 bits per heavy atom. The summed E-state index contributed by atoms with van der Waals surface area (Å²) in [7, 11) is 1.82. The molecule has 2 aromatic heterocycles. The van der Waals surface area contributed by atoms with Gasteiger partial charge in [-0.05, 0) is 34.8 Å². The van der Waals surface area contributed by atoms with Crippen LogP contribution in [0, 0.1) is 11.7 Å². The van der Waals surface area contributed by atoms with E-state index in [4.69, 9.17) is 26.5 Å². The second kappa shape index (κ2) is 13.6. The number of hydrogen-bond donors (Lipinski definition) is 2. The minimum Gasteiger partial charge on any atom is -0.475 e. The number of fused-ring (bicyclic) bond motifs is 1. The molecule has 2 fully saturated rings. The summed E-state index contributed by atoms with van der Waals surface area (Å²) in [5.74, 6) is -2.39. The van der Waals surface area contributed by atoms with Crippen molar-refractivity contribution >= 4 is 73.4 Å². The highest BCUT2D eigenvalue weighted by Crippen LogP contribution is 2.35. The van der Waals surface area contributed by atoms with E-state index in [9.17, 15) is 18.0 Å². The molecule has 2 aliphatic rings. The van der Waals surface area contributed by atoms with Crippen LogP contribution in [0.1, 0.15) is 17.8 Å². The average molecular weight is 698 g/mol. The molecular weight excluding hydrogens is 672 g/mol. The largest absolute Gasteiger partial charge is 0.490 e. The molecule has 2 aliphatic heterocycles. The van der Waals surface area contributed by atoms with Gasteiger partial charge in [-0.25, -0.2) is 14.2 Å². The molecule has 0 radical (unpaired) electrons. The molecule has 3 aromatic rings. The number of nitrogens with one attached hydrogen (secondary N) is 1. The predicted molar refractivity (Wildman–Crippen MR) is 152 cm³/mol. The van der Waals surface area contributed by atoms with Gasteiger partial charge in [0.15, 0.2) is 5.82 Å². The van der Waals surface area contributed by atoms with Crippen LogP contribution in [-0.4, -0.2) is 99.4 Å². The molecule has 1 unspecified atom stereocenters. The van der Waals surface area contributed by atoms with Crippen LogP contribution in [0.15, 0.2) is 16.0 Å². The number of alkyl halides is 3. The lowest BCUT2D eigenvalue weighted by atomic mass is 9.97. The first-order valence-electron chi connectivity index (χ1n) is 12.7. The zero-order chi connectivity index (χ0) is 30.6. The summed E-state index contributed by atoms with van der Waals surface area (Å²) in [6, 6.07) is 1.66. The summed E-state index contributed by atoms with van der Waals surface area (Å²) < 4.78 is 47.1. The van der Waals surface area contributed by atoms with Crippen LogP contribution in [0.2, 0.25) is 5.02 Å². The molecule has 2 N–H and O–H groups in total. The van der Waals surface area contributed by atoms with Crippen molar-refractivity contribution < 1.29 is 32.3 Å². The van der Waals surface area contributed by atoms with Gasteiger partial charge in [-0.15, -0.1) is 21.5 Å². The number of benzene rings is 1. The van der Waals surface area contributed by atoms with Crippen molar-refractivity contribution in [1.82, 2.24) is 30.0 Å². The number of piperidine rings is 1. The number of aromatic nitrogens is 4. The third kappa shape index (κ3) is 7.73. The van der Waals surface area contributed by atoms with Crippen molar-refractivity contribution in [2.45, 2.75) is 25.6 Å². The molecule has 11 nitrogen and oxygen atoms in total. The molecule has 1 aromatic carbocycles. The number of likely N-dealkylation sites (tertiary alicyclic amines) is 1. The zero-order valence-corrected chi connectivity index (χ0v) is 25.3. The van der Waals surface area contributed by atoms with E-state index in [0.717, 1.165) is 44.0 Å². The maximum absolute atomic E-state index is 15.2. The molecule has 1 atom stereocenters. The van der Waals surface area contributed by atoms with Gasteiger partial charge >= 0.3 is 12.1 Å². The van der Waals surface area contributed by atoms with Gasteiger partial charge < -0.3 is 20.2 Å². The van der Waals surface area contributed by atoms with Crippen LogP contribution in [0.4, 0.5) is 29.3 Å². The summed E-state index contributed by atoms with van der Waals surface area (Å²) in [6.07, 6.45) is -3.32. The lowest BCUT2D eigenvalue weighted by Crippen LogP contribution is -2.46. The Labute approximate surface area is 255 Å². The summed E-state index contributed by atoms with van der Waals surface area (Å²) in [4.78, 5) is 36.9. The third-order valence-corrected chi connectivity index (χ3v) is 8.75. The highest BCUT2D eigenvalue weighted by Gasteiger charge is 2.38. The minimum absolute atomic E-state index is 0.112. The van der Waals surface area contributed by atoms with Crippen molar-refractivity contribution in [3.8, 4) is 0 Å². The number of carbonyl (C=O) groups is 2. The second-order valence-corrected chi connectivity index (χ2v) is 11.8. The Morgan fingerprint density at radius 2 is 1.93 bits per heavy atom. The molecular formula is C24H26BrClF4N8O3S. The number of carboxylic acids is 1. The molecule has 1 amide bonds. The Bertz CT molecular complexity index is 1430. The molecule has 228 valence electrons. The third-order valence-electron chi connectivity index (χ3n) is 6.76. The number of carboxylic acid groups (broad SMARTS) is 1. The number of nitrogens with zero attached hydrogens (tertiary/aromatic N) is 7. The van der Waals surface area contributed by atoms with E-state index in [0.29, 0.717) is 36.8 Å². The number of piperazine rings is 1. The highest BCUT2D eigenvalue weighted by atomic mass is 79.9. The molecule has 2 saturated heterocycles. The van der Waals surface area contributed by atoms with Crippen molar-refractivity contribution in [3.05, 3.63) is 31.9 Å². The number of rotatable bonds is 6. The van der Waals surface area contributed by atoms with Gasteiger partial charge in [0.25, 0.3) is 0 Å². The maximum Gasteiger partial charge on any atom is 0.490 e. The SMILES string of the molecule is CN1CCCC(CNc2nc(N3CCN(Cc4nncs4)CC3)nc3c(F)c(Br)c(Cl)cc23)C1=O.O=C(O)C(F)(F)F. The number of amides is 1. The molecule has 5 rings (SSSR count). The number of hydrogen-bond acceptors (Lipinski definition) is 10. The fourth-order valence-electron chi connectivity index (χ4n) is 4.53. The van der Waals surface area contributed by atoms with Crippen LogP contribution < -0.4 is 10.2 Å². The fraction of sp³-hybridized carbons (Fsp3) is 0.500. The standard InChI is InChI=1S/C22H25BrClFN8OS.C2HF3O2/c1-31-4-2-3-13(21(31)34)10-26-20-14-9-15(24)17(23)18(25)19(14)28-22(29-20)33-7-5-32(6-8-33)11-16-30-27-12-35-16;3-2(4,5)1(6)7/h9,12-13H,2-8,10-11H2,1H3,(H,26,28,29);(H,6,7). The van der Waals surface area contributed by atoms with Gasteiger partial charge in [0.05, 0.1) is 22.0 Å². The Hall–Kier alpha value is -2.89. The van der Waals surface area contributed by atoms with Gasteiger partial charge in [0.2, 0.25) is 11.9 Å². The Kier molecular flexibility index (Phi) is 10.4. The lowest BCUT2D eigenvalue weighted by molar-refractivity contribution is -0.192. The number of halogens is 6. The molecule has 0 saturated carbocycles. The van der Waals surface area contributed by atoms with E-state index in [1.54, 1.807) is 27.8 Å². The van der Waals surface area contributed by atoms with Crippen LogP contribution in [-0.2, 0) is 16.1 Å². The number of aliphatic carboxylic acids is 1. The zero-order valence-electron chi connectivity index (χ0n) is 22.2. The van der Waals surface area contributed by atoms with E-state index in [1.807, 2.05) is 7.05 Å². The second-order valence-electron chi connectivity index (χ2n) is 9.63. The monoisotopic (exact) mass is 696 g/mol. The van der Waals surface area contributed by atoms with E-state index in [2.05, 4.69) is 46.2 Å². The van der Waals surface area contributed by atoms with Gasteiger partial charge in [0, 0.05) is 51.7 Å². The van der Waals surface area contributed by atoms with Crippen molar-refractivity contribution in [2.75, 3.05) is 56.5 Å². The fourth-order valence-corrected chi connectivity index (χ4v) is 5.59. The highest BCUT2D eigenvalue weighted by molar-refractivity contribution is 9.10. The van der Waals surface area contributed by atoms with Crippen LogP contribution in [0.25, 0.3) is 10.9 Å². The first-order chi connectivity index (χ1) is 19.8. The number of anilines is 2. The summed E-state index contributed by atoms with van der Waals surface area (Å²) in [5.41, 5.74) is 1.93. The van der Waals surface area contributed by atoms with Crippen molar-refractivity contribution in [1.29, 1.82) is 0 Å². The van der Waals surface area contributed by atoms with Crippen molar-refractivity contribution in [3.63, 3.8) is 0 Å². The summed E-state index contributed by atoms with van der Waals surface area (Å²) >= 11 is 11.0. The molecule has 0 spiro atoms.